The van der Waals surface area contributed by atoms with Gasteiger partial charge in [-0.25, -0.2) is 9.97 Å². The van der Waals surface area contributed by atoms with Crippen molar-refractivity contribution in [1.82, 2.24) is 14.5 Å². The summed E-state index contributed by atoms with van der Waals surface area (Å²) in [5, 5.41) is 1.10. The van der Waals surface area contributed by atoms with Crippen LogP contribution in [0.2, 0.25) is 0 Å². The highest BCUT2D eigenvalue weighted by atomic mass is 16.5. The third-order valence-electron chi connectivity index (χ3n) is 4.17. The smallest absolute Gasteiger partial charge is 0.128 e. The van der Waals surface area contributed by atoms with Gasteiger partial charge in [0.15, 0.2) is 0 Å². The van der Waals surface area contributed by atoms with Crippen LogP contribution in [0.5, 0.6) is 5.75 Å². The van der Waals surface area contributed by atoms with Crippen molar-refractivity contribution in [2.45, 2.75) is 6.92 Å². The summed E-state index contributed by atoms with van der Waals surface area (Å²) in [4.78, 5) is 9.25. The summed E-state index contributed by atoms with van der Waals surface area (Å²) < 4.78 is 7.54. The number of ether oxygens (including phenoxy) is 1. The van der Waals surface area contributed by atoms with Gasteiger partial charge in [-0.1, -0.05) is 30.3 Å². The van der Waals surface area contributed by atoms with Crippen LogP contribution in [0.4, 0.5) is 0 Å². The van der Waals surface area contributed by atoms with Crippen molar-refractivity contribution in [3.63, 3.8) is 0 Å². The lowest BCUT2D eigenvalue weighted by molar-refractivity contribution is 0.416. The molecule has 0 spiro atoms. The number of imidazole rings is 1. The van der Waals surface area contributed by atoms with Crippen LogP contribution in [0.15, 0.2) is 67.0 Å². The molecule has 2 heterocycles. The van der Waals surface area contributed by atoms with E-state index in [9.17, 15) is 0 Å². The van der Waals surface area contributed by atoms with Gasteiger partial charge in [0, 0.05) is 23.3 Å². The summed E-state index contributed by atoms with van der Waals surface area (Å²) in [6.45, 7) is 1.99. The van der Waals surface area contributed by atoms with Crippen molar-refractivity contribution in [3.8, 4) is 22.7 Å². The molecular weight excluding hydrogens is 298 g/mol. The maximum Gasteiger partial charge on any atom is 0.128 e. The second-order valence-electron chi connectivity index (χ2n) is 5.59. The number of rotatable bonds is 3. The Morgan fingerprint density at radius 1 is 0.958 bits per heavy atom. The Balaban J connectivity index is 1.96. The van der Waals surface area contributed by atoms with Crippen LogP contribution in [-0.2, 0) is 0 Å². The van der Waals surface area contributed by atoms with E-state index in [2.05, 4.69) is 27.8 Å². The molecule has 0 saturated carbocycles. The molecule has 0 amide bonds. The molecule has 0 aliphatic rings. The van der Waals surface area contributed by atoms with Gasteiger partial charge < -0.3 is 9.30 Å². The van der Waals surface area contributed by atoms with E-state index in [1.165, 1.54) is 0 Å². The number of hydrogen-bond donors (Lipinski definition) is 0. The predicted octanol–water partition coefficient (Wildman–Crippen LogP) is 4.40. The van der Waals surface area contributed by atoms with Crippen LogP contribution < -0.4 is 4.74 Å². The molecule has 4 rings (SSSR count). The number of aromatic nitrogens is 3. The molecule has 0 aliphatic carbocycles. The van der Waals surface area contributed by atoms with Crippen molar-refractivity contribution >= 4 is 10.9 Å². The molecule has 0 atom stereocenters. The molecular formula is C20H17N3O. The Bertz CT molecular complexity index is 1020. The first-order valence-electron chi connectivity index (χ1n) is 7.81. The molecule has 4 aromatic rings. The Morgan fingerprint density at radius 2 is 1.83 bits per heavy atom. The summed E-state index contributed by atoms with van der Waals surface area (Å²) >= 11 is 0. The number of fused-ring (bicyclic) bond motifs is 1. The van der Waals surface area contributed by atoms with Crippen LogP contribution in [0.3, 0.4) is 0 Å². The summed E-state index contributed by atoms with van der Waals surface area (Å²) in [5.74, 6) is 1.76. The Morgan fingerprint density at radius 3 is 2.62 bits per heavy atom. The van der Waals surface area contributed by atoms with Crippen LogP contribution in [0, 0.1) is 6.92 Å². The molecule has 0 N–H and O–H groups in total. The lowest BCUT2D eigenvalue weighted by Crippen LogP contribution is -1.99. The van der Waals surface area contributed by atoms with Crippen molar-refractivity contribution < 1.29 is 4.74 Å². The second-order valence-corrected chi connectivity index (χ2v) is 5.59. The normalized spacial score (nSPS) is 10.9. The summed E-state index contributed by atoms with van der Waals surface area (Å²) in [5.41, 5.74) is 3.85. The number of nitrogens with zero attached hydrogens (tertiary/aromatic N) is 3. The van der Waals surface area contributed by atoms with E-state index in [-0.39, 0.29) is 0 Å². The molecule has 0 unspecified atom stereocenters. The van der Waals surface area contributed by atoms with E-state index in [0.29, 0.717) is 0 Å². The third kappa shape index (κ3) is 2.33. The first-order chi connectivity index (χ1) is 11.8. The molecule has 0 aliphatic heterocycles. The number of hydrogen-bond acceptors (Lipinski definition) is 3. The van der Waals surface area contributed by atoms with Crippen LogP contribution in [0.25, 0.3) is 27.8 Å². The van der Waals surface area contributed by atoms with Crippen molar-refractivity contribution in [3.05, 3.63) is 72.8 Å². The summed E-state index contributed by atoms with van der Waals surface area (Å²) in [6.07, 6.45) is 3.76. The van der Waals surface area contributed by atoms with E-state index >= 15 is 0 Å². The minimum Gasteiger partial charge on any atom is -0.496 e. The monoisotopic (exact) mass is 315 g/mol. The fourth-order valence-electron chi connectivity index (χ4n) is 2.96. The molecule has 0 saturated heterocycles. The Hall–Kier alpha value is -3.14. The van der Waals surface area contributed by atoms with E-state index in [1.54, 1.807) is 13.3 Å². The van der Waals surface area contributed by atoms with Gasteiger partial charge in [-0.3, -0.25) is 0 Å². The standard InChI is InChI=1S/C20H17N3O/c1-14-21-12-13-23(14)18-8-5-6-15-10-11-17(22-20(15)18)16-7-3-4-9-19(16)24-2/h3-13H,1-2H3. The van der Waals surface area contributed by atoms with E-state index in [0.717, 1.165) is 39.4 Å². The SMILES string of the molecule is COc1ccccc1-c1ccc2cccc(-n3ccnc3C)c2n1. The average Bonchev–Trinajstić information content (AvgIpc) is 3.06. The van der Waals surface area contributed by atoms with E-state index < -0.39 is 0 Å². The van der Waals surface area contributed by atoms with Gasteiger partial charge in [-0.2, -0.15) is 0 Å². The van der Waals surface area contributed by atoms with Crippen LogP contribution >= 0.6 is 0 Å². The maximum absolute atomic E-state index is 5.48. The van der Waals surface area contributed by atoms with Crippen molar-refractivity contribution in [2.75, 3.05) is 7.11 Å². The number of aryl methyl sites for hydroxylation is 1. The van der Waals surface area contributed by atoms with E-state index in [4.69, 9.17) is 9.72 Å². The first-order valence-corrected chi connectivity index (χ1v) is 7.81. The Kier molecular flexibility index (Phi) is 3.50. The van der Waals surface area contributed by atoms with Gasteiger partial charge in [0.25, 0.3) is 0 Å². The van der Waals surface area contributed by atoms with Crippen molar-refractivity contribution in [1.29, 1.82) is 0 Å². The molecule has 2 aromatic heterocycles. The highest BCUT2D eigenvalue weighted by Crippen LogP contribution is 2.31. The maximum atomic E-state index is 5.48. The molecule has 2 aromatic carbocycles. The summed E-state index contributed by atoms with van der Waals surface area (Å²) in [7, 11) is 1.68. The van der Waals surface area contributed by atoms with Gasteiger partial charge in [0.2, 0.25) is 0 Å². The zero-order valence-corrected chi connectivity index (χ0v) is 13.6. The molecule has 4 nitrogen and oxygen atoms in total. The molecule has 0 fully saturated rings. The van der Waals surface area contributed by atoms with Gasteiger partial charge in [0.05, 0.1) is 24.0 Å². The van der Waals surface area contributed by atoms with Gasteiger partial charge in [-0.05, 0) is 31.2 Å². The van der Waals surface area contributed by atoms with Gasteiger partial charge >= 0.3 is 0 Å². The lowest BCUT2D eigenvalue weighted by Gasteiger charge is -2.12. The first kappa shape index (κ1) is 14.5. The highest BCUT2D eigenvalue weighted by molar-refractivity contribution is 5.89. The third-order valence-corrected chi connectivity index (χ3v) is 4.17. The number of benzene rings is 2. The van der Waals surface area contributed by atoms with Gasteiger partial charge in [0.1, 0.15) is 11.6 Å². The zero-order valence-electron chi connectivity index (χ0n) is 13.6. The quantitative estimate of drug-likeness (QED) is 0.562. The average molecular weight is 315 g/mol. The number of pyridine rings is 1. The Labute approximate surface area is 140 Å². The molecule has 118 valence electrons. The molecule has 0 bridgehead atoms. The summed E-state index contributed by atoms with van der Waals surface area (Å²) in [6, 6.07) is 18.2. The molecule has 4 heteroatoms. The largest absolute Gasteiger partial charge is 0.496 e. The van der Waals surface area contributed by atoms with Crippen LogP contribution in [-0.4, -0.2) is 21.6 Å². The lowest BCUT2D eigenvalue weighted by atomic mass is 10.1. The predicted molar refractivity (Wildman–Crippen MR) is 95.6 cm³/mol. The highest BCUT2D eigenvalue weighted by Gasteiger charge is 2.11. The molecule has 24 heavy (non-hydrogen) atoms. The van der Waals surface area contributed by atoms with Crippen molar-refractivity contribution in [2.24, 2.45) is 0 Å². The minimum atomic E-state index is 0.820. The minimum absolute atomic E-state index is 0.820. The fraction of sp³-hybridized carbons (Fsp3) is 0.100. The zero-order chi connectivity index (χ0) is 16.5. The number of methoxy groups -OCH3 is 1. The van der Waals surface area contributed by atoms with E-state index in [1.807, 2.05) is 49.5 Å². The van der Waals surface area contributed by atoms with Crippen LogP contribution in [0.1, 0.15) is 5.82 Å². The topological polar surface area (TPSA) is 39.9 Å². The van der Waals surface area contributed by atoms with Gasteiger partial charge in [-0.15, -0.1) is 0 Å². The molecule has 0 radical (unpaired) electrons. The second kappa shape index (κ2) is 5.81. The fourth-order valence-corrected chi connectivity index (χ4v) is 2.96. The number of para-hydroxylation sites is 2.